The minimum atomic E-state index is -1.02. The van der Waals surface area contributed by atoms with Crippen molar-refractivity contribution in [3.63, 3.8) is 0 Å². The molecule has 0 spiro atoms. The predicted molar refractivity (Wildman–Crippen MR) is 69.1 cm³/mol. The molecule has 96 valence electrons. The summed E-state index contributed by atoms with van der Waals surface area (Å²) in [6, 6.07) is 6.60. The molecule has 6 heteroatoms. The summed E-state index contributed by atoms with van der Waals surface area (Å²) >= 11 is 3.16. The molecule has 2 aromatic carbocycles. The lowest BCUT2D eigenvalue weighted by molar-refractivity contribution is 0.515. The number of nitrogens with zero attached hydrogens (tertiary/aromatic N) is 1. The van der Waals surface area contributed by atoms with Crippen molar-refractivity contribution in [3.8, 4) is 11.4 Å². The van der Waals surface area contributed by atoms with Crippen molar-refractivity contribution in [2.24, 2.45) is 0 Å². The van der Waals surface area contributed by atoms with Gasteiger partial charge in [0.1, 0.15) is 17.2 Å². The maximum absolute atomic E-state index is 13.5. The Balaban J connectivity index is 2.23. The molecule has 0 aliphatic heterocycles. The molecule has 19 heavy (non-hydrogen) atoms. The van der Waals surface area contributed by atoms with E-state index in [9.17, 15) is 13.2 Å². The summed E-state index contributed by atoms with van der Waals surface area (Å²) in [7, 11) is 0. The number of imidazole rings is 1. The second kappa shape index (κ2) is 4.38. The standard InChI is InChI=1S/C13H6BrF3N2/c14-7-3-6(4-8(15)5-7)13-18-10-2-1-9(16)11(17)12(10)19-13/h1-5H,(H,18,19). The van der Waals surface area contributed by atoms with Gasteiger partial charge in [-0.25, -0.2) is 18.2 Å². The summed E-state index contributed by atoms with van der Waals surface area (Å²) in [5, 5.41) is 0. The van der Waals surface area contributed by atoms with Crippen LogP contribution < -0.4 is 0 Å². The van der Waals surface area contributed by atoms with Crippen LogP contribution in [-0.4, -0.2) is 9.97 Å². The first-order valence-electron chi connectivity index (χ1n) is 5.35. The summed E-state index contributed by atoms with van der Waals surface area (Å²) < 4.78 is 40.5. The van der Waals surface area contributed by atoms with Gasteiger partial charge in [0.2, 0.25) is 0 Å². The minimum absolute atomic E-state index is 0.101. The zero-order chi connectivity index (χ0) is 13.6. The number of halogens is 4. The molecular weight excluding hydrogens is 321 g/mol. The highest BCUT2D eigenvalue weighted by atomic mass is 79.9. The van der Waals surface area contributed by atoms with Crippen molar-refractivity contribution >= 4 is 27.0 Å². The molecule has 0 bridgehead atoms. The number of aromatic nitrogens is 2. The average Bonchev–Trinajstić information content (AvgIpc) is 2.77. The molecule has 0 saturated heterocycles. The molecule has 0 fully saturated rings. The van der Waals surface area contributed by atoms with E-state index in [0.717, 1.165) is 6.07 Å². The topological polar surface area (TPSA) is 28.7 Å². The zero-order valence-corrected chi connectivity index (χ0v) is 10.9. The van der Waals surface area contributed by atoms with Gasteiger partial charge < -0.3 is 4.98 Å². The quantitative estimate of drug-likeness (QED) is 0.705. The number of hydrogen-bond acceptors (Lipinski definition) is 1. The number of fused-ring (bicyclic) bond motifs is 1. The second-order valence-corrected chi connectivity index (χ2v) is 4.92. The van der Waals surface area contributed by atoms with Gasteiger partial charge in [0.25, 0.3) is 0 Å². The molecule has 1 aromatic heterocycles. The first-order valence-corrected chi connectivity index (χ1v) is 6.14. The van der Waals surface area contributed by atoms with Gasteiger partial charge in [-0.2, -0.15) is 0 Å². The van der Waals surface area contributed by atoms with Gasteiger partial charge >= 0.3 is 0 Å². The Labute approximate surface area is 114 Å². The third-order valence-corrected chi connectivity index (χ3v) is 3.14. The normalized spacial score (nSPS) is 11.2. The summed E-state index contributed by atoms with van der Waals surface area (Å²) in [5.41, 5.74) is 0.701. The summed E-state index contributed by atoms with van der Waals surface area (Å²) in [5.74, 6) is -2.15. The first kappa shape index (κ1) is 12.2. The van der Waals surface area contributed by atoms with Crippen molar-refractivity contribution in [2.75, 3.05) is 0 Å². The highest BCUT2D eigenvalue weighted by Crippen LogP contribution is 2.26. The molecule has 3 aromatic rings. The van der Waals surface area contributed by atoms with Crippen LogP contribution in [0.2, 0.25) is 0 Å². The van der Waals surface area contributed by atoms with Crippen molar-refractivity contribution < 1.29 is 13.2 Å². The highest BCUT2D eigenvalue weighted by molar-refractivity contribution is 9.10. The van der Waals surface area contributed by atoms with Gasteiger partial charge in [0, 0.05) is 10.0 Å². The number of aromatic amines is 1. The fourth-order valence-electron chi connectivity index (χ4n) is 1.84. The third kappa shape index (κ3) is 2.12. The van der Waals surface area contributed by atoms with Gasteiger partial charge in [-0.1, -0.05) is 15.9 Å². The molecule has 0 amide bonds. The Morgan fingerprint density at radius 3 is 2.58 bits per heavy atom. The van der Waals surface area contributed by atoms with E-state index in [0.29, 0.717) is 15.6 Å². The van der Waals surface area contributed by atoms with Crippen LogP contribution in [0.15, 0.2) is 34.8 Å². The minimum Gasteiger partial charge on any atom is -0.338 e. The Morgan fingerprint density at radius 2 is 1.84 bits per heavy atom. The van der Waals surface area contributed by atoms with Crippen LogP contribution in [-0.2, 0) is 0 Å². The van der Waals surface area contributed by atoms with E-state index < -0.39 is 17.5 Å². The number of hydrogen-bond donors (Lipinski definition) is 1. The van der Waals surface area contributed by atoms with E-state index in [1.54, 1.807) is 6.07 Å². The average molecular weight is 327 g/mol. The number of benzene rings is 2. The number of H-pyrrole nitrogens is 1. The maximum atomic E-state index is 13.5. The van der Waals surface area contributed by atoms with Crippen molar-refractivity contribution in [1.82, 2.24) is 9.97 Å². The van der Waals surface area contributed by atoms with Crippen LogP contribution >= 0.6 is 15.9 Å². The molecule has 0 atom stereocenters. The Bertz CT molecular complexity index is 763. The molecule has 1 N–H and O–H groups in total. The molecule has 0 radical (unpaired) electrons. The predicted octanol–water partition coefficient (Wildman–Crippen LogP) is 4.41. The molecule has 0 aliphatic rings. The zero-order valence-electron chi connectivity index (χ0n) is 9.35. The van der Waals surface area contributed by atoms with Crippen LogP contribution in [0, 0.1) is 17.5 Å². The van der Waals surface area contributed by atoms with Crippen LogP contribution in [0.1, 0.15) is 0 Å². The van der Waals surface area contributed by atoms with E-state index >= 15 is 0 Å². The van der Waals surface area contributed by atoms with Gasteiger partial charge in [0.05, 0.1) is 5.52 Å². The van der Waals surface area contributed by atoms with Gasteiger partial charge in [-0.15, -0.1) is 0 Å². The van der Waals surface area contributed by atoms with E-state index in [2.05, 4.69) is 25.9 Å². The number of rotatable bonds is 1. The molecule has 2 nitrogen and oxygen atoms in total. The lowest BCUT2D eigenvalue weighted by Gasteiger charge is -1.98. The highest BCUT2D eigenvalue weighted by Gasteiger charge is 2.13. The van der Waals surface area contributed by atoms with Gasteiger partial charge in [-0.05, 0) is 30.3 Å². The summed E-state index contributed by atoms with van der Waals surface area (Å²) in [4.78, 5) is 6.80. The Kier molecular flexibility index (Phi) is 2.82. The molecule has 0 saturated carbocycles. The second-order valence-electron chi connectivity index (χ2n) is 4.00. The van der Waals surface area contributed by atoms with Crippen LogP contribution in [0.25, 0.3) is 22.4 Å². The number of nitrogens with one attached hydrogen (secondary N) is 1. The van der Waals surface area contributed by atoms with Crippen molar-refractivity contribution in [3.05, 3.63) is 52.3 Å². The van der Waals surface area contributed by atoms with Crippen LogP contribution in [0.4, 0.5) is 13.2 Å². The Hall–Kier alpha value is -1.82. The summed E-state index contributed by atoms with van der Waals surface area (Å²) in [6.07, 6.45) is 0. The van der Waals surface area contributed by atoms with E-state index in [1.807, 2.05) is 0 Å². The lowest BCUT2D eigenvalue weighted by atomic mass is 10.2. The smallest absolute Gasteiger partial charge is 0.186 e. The van der Waals surface area contributed by atoms with E-state index in [-0.39, 0.29) is 11.3 Å². The largest absolute Gasteiger partial charge is 0.338 e. The Morgan fingerprint density at radius 1 is 1.05 bits per heavy atom. The molecule has 0 unspecified atom stereocenters. The lowest BCUT2D eigenvalue weighted by Crippen LogP contribution is -1.85. The fraction of sp³-hybridized carbons (Fsp3) is 0. The third-order valence-electron chi connectivity index (χ3n) is 2.68. The van der Waals surface area contributed by atoms with E-state index in [4.69, 9.17) is 0 Å². The molecule has 1 heterocycles. The van der Waals surface area contributed by atoms with Gasteiger partial charge in [0.15, 0.2) is 11.6 Å². The molecular formula is C13H6BrF3N2. The SMILES string of the molecule is Fc1cc(Br)cc(-c2nc3c(F)c(F)ccc3[nH]2)c1. The van der Waals surface area contributed by atoms with Gasteiger partial charge in [-0.3, -0.25) is 0 Å². The summed E-state index contributed by atoms with van der Waals surface area (Å²) in [6.45, 7) is 0. The first-order chi connectivity index (χ1) is 9.04. The van der Waals surface area contributed by atoms with Crippen molar-refractivity contribution in [2.45, 2.75) is 0 Å². The fourth-order valence-corrected chi connectivity index (χ4v) is 2.31. The van der Waals surface area contributed by atoms with Crippen molar-refractivity contribution in [1.29, 1.82) is 0 Å². The molecule has 0 aliphatic carbocycles. The van der Waals surface area contributed by atoms with Crippen LogP contribution in [0.3, 0.4) is 0 Å². The maximum Gasteiger partial charge on any atom is 0.186 e. The van der Waals surface area contributed by atoms with E-state index in [1.165, 1.54) is 18.2 Å². The van der Waals surface area contributed by atoms with Crippen LogP contribution in [0.5, 0.6) is 0 Å². The molecule has 3 rings (SSSR count). The monoisotopic (exact) mass is 326 g/mol.